The summed E-state index contributed by atoms with van der Waals surface area (Å²) >= 11 is 3.17. The first-order valence-corrected chi connectivity index (χ1v) is 9.62. The molecule has 0 amide bonds. The zero-order valence-corrected chi connectivity index (χ0v) is 15.5. The number of rotatable bonds is 4. The maximum atomic E-state index is 13.3. The van der Waals surface area contributed by atoms with E-state index in [0.717, 1.165) is 37.3 Å². The van der Waals surface area contributed by atoms with Gasteiger partial charge in [0.05, 0.1) is 11.1 Å². The molecule has 0 aliphatic carbocycles. The number of aromatic nitrogens is 4. The van der Waals surface area contributed by atoms with Crippen LogP contribution >= 0.6 is 23.1 Å². The van der Waals surface area contributed by atoms with E-state index in [-0.39, 0.29) is 5.56 Å². The topological polar surface area (TPSA) is 52.2 Å². The normalized spacial score (nSPS) is 11.4. The molecular weight excluding hydrogens is 352 g/mol. The van der Waals surface area contributed by atoms with Crippen LogP contribution in [0.3, 0.4) is 0 Å². The van der Waals surface area contributed by atoms with Crippen LogP contribution < -0.4 is 5.56 Å². The molecule has 25 heavy (non-hydrogen) atoms. The predicted molar refractivity (Wildman–Crippen MR) is 104 cm³/mol. The first-order valence-electron chi connectivity index (χ1n) is 7.82. The maximum absolute atomic E-state index is 13.3. The first-order chi connectivity index (χ1) is 12.1. The summed E-state index contributed by atoms with van der Waals surface area (Å²) in [6.45, 7) is 7.81. The molecule has 4 aromatic rings. The van der Waals surface area contributed by atoms with Crippen LogP contribution in [0.5, 0.6) is 0 Å². The molecule has 1 aromatic carbocycles. The third-order valence-electron chi connectivity index (χ3n) is 4.15. The maximum Gasteiger partial charge on any atom is 0.268 e. The fourth-order valence-corrected chi connectivity index (χ4v) is 4.71. The van der Waals surface area contributed by atoms with Crippen LogP contribution in [0, 0.1) is 13.8 Å². The van der Waals surface area contributed by atoms with Gasteiger partial charge in [-0.15, -0.1) is 28.1 Å². The molecule has 0 N–H and O–H groups in total. The molecule has 3 aromatic heterocycles. The number of thiophene rings is 1. The highest BCUT2D eigenvalue weighted by Gasteiger charge is 2.21. The first kappa shape index (κ1) is 16.1. The highest BCUT2D eigenvalue weighted by Crippen LogP contribution is 2.31. The van der Waals surface area contributed by atoms with Crippen molar-refractivity contribution >= 4 is 39.1 Å². The zero-order chi connectivity index (χ0) is 17.6. The Bertz CT molecular complexity index is 1150. The molecule has 0 saturated carbocycles. The number of nitrogens with zero attached hydrogens (tertiary/aromatic N) is 4. The van der Waals surface area contributed by atoms with E-state index in [4.69, 9.17) is 0 Å². The van der Waals surface area contributed by atoms with Gasteiger partial charge in [-0.25, -0.2) is 8.97 Å². The van der Waals surface area contributed by atoms with E-state index in [9.17, 15) is 4.79 Å². The summed E-state index contributed by atoms with van der Waals surface area (Å²) in [7, 11) is 0. The van der Waals surface area contributed by atoms with Gasteiger partial charge in [0.2, 0.25) is 5.78 Å². The zero-order valence-electron chi connectivity index (χ0n) is 13.9. The van der Waals surface area contributed by atoms with Crippen molar-refractivity contribution in [1.29, 1.82) is 0 Å². The summed E-state index contributed by atoms with van der Waals surface area (Å²) in [6.07, 6.45) is 1.83. The Labute approximate surface area is 152 Å². The number of benzene rings is 1. The van der Waals surface area contributed by atoms with Crippen molar-refractivity contribution in [2.24, 2.45) is 0 Å². The van der Waals surface area contributed by atoms with Crippen molar-refractivity contribution in [3.05, 3.63) is 63.8 Å². The van der Waals surface area contributed by atoms with Gasteiger partial charge in [0, 0.05) is 10.6 Å². The summed E-state index contributed by atoms with van der Waals surface area (Å²) in [5.74, 6) is 1.27. The van der Waals surface area contributed by atoms with Gasteiger partial charge < -0.3 is 0 Å². The smallest absolute Gasteiger partial charge is 0.268 e. The Morgan fingerprint density at radius 1 is 1.24 bits per heavy atom. The van der Waals surface area contributed by atoms with Gasteiger partial charge >= 0.3 is 0 Å². The SMILES string of the molecule is C=CCSc1nnc2n(-c3ccccc3)c(=O)c3c(C)c(C)sc3n12. The Hall–Kier alpha value is -2.38. The van der Waals surface area contributed by atoms with Gasteiger partial charge in [-0.1, -0.05) is 36.0 Å². The quantitative estimate of drug-likeness (QED) is 0.404. The molecular formula is C18H16N4OS2. The van der Waals surface area contributed by atoms with Crippen molar-refractivity contribution < 1.29 is 0 Å². The molecule has 0 unspecified atom stereocenters. The van der Waals surface area contributed by atoms with Crippen LogP contribution in [-0.4, -0.2) is 24.9 Å². The molecule has 5 nitrogen and oxygen atoms in total. The molecule has 0 saturated heterocycles. The highest BCUT2D eigenvalue weighted by atomic mass is 32.2. The summed E-state index contributed by atoms with van der Waals surface area (Å²) in [5, 5.41) is 10.2. The second-order valence-corrected chi connectivity index (χ2v) is 7.85. The molecule has 3 heterocycles. The summed E-state index contributed by atoms with van der Waals surface area (Å²) in [5.41, 5.74) is 1.75. The lowest BCUT2D eigenvalue weighted by Gasteiger charge is -2.09. The van der Waals surface area contributed by atoms with Crippen LogP contribution in [0.15, 0.2) is 52.9 Å². The summed E-state index contributed by atoms with van der Waals surface area (Å²) < 4.78 is 3.63. The van der Waals surface area contributed by atoms with Gasteiger partial charge in [-0.2, -0.15) is 0 Å². The van der Waals surface area contributed by atoms with Crippen molar-refractivity contribution in [3.63, 3.8) is 0 Å². The van der Waals surface area contributed by atoms with Crippen LogP contribution in [0.1, 0.15) is 10.4 Å². The molecule has 4 rings (SSSR count). The fraction of sp³-hybridized carbons (Fsp3) is 0.167. The van der Waals surface area contributed by atoms with E-state index in [0.29, 0.717) is 5.78 Å². The number of fused-ring (bicyclic) bond motifs is 3. The molecule has 0 radical (unpaired) electrons. The lowest BCUT2D eigenvalue weighted by molar-refractivity contribution is 0.937. The van der Waals surface area contributed by atoms with E-state index in [1.165, 1.54) is 0 Å². The Balaban J connectivity index is 2.19. The Morgan fingerprint density at radius 3 is 2.72 bits per heavy atom. The molecule has 0 bridgehead atoms. The van der Waals surface area contributed by atoms with Gasteiger partial charge in [0.25, 0.3) is 5.56 Å². The van der Waals surface area contributed by atoms with E-state index in [1.54, 1.807) is 27.7 Å². The molecule has 0 spiro atoms. The largest absolute Gasteiger partial charge is 0.268 e. The lowest BCUT2D eigenvalue weighted by atomic mass is 10.2. The minimum atomic E-state index is -0.0526. The standard InChI is InChI=1S/C18H16N4OS2/c1-4-10-24-18-20-19-17-21(13-8-6-5-7-9-13)15(23)14-11(2)12(3)25-16(14)22(17)18/h4-9H,1,10H2,2-3H3. The second-order valence-electron chi connectivity index (χ2n) is 5.66. The summed E-state index contributed by atoms with van der Waals surface area (Å²) in [4.78, 5) is 15.3. The van der Waals surface area contributed by atoms with Crippen molar-refractivity contribution in [3.8, 4) is 5.69 Å². The average Bonchev–Trinajstić information content (AvgIpc) is 3.16. The van der Waals surface area contributed by atoms with Gasteiger partial charge in [0.15, 0.2) is 5.16 Å². The molecule has 0 atom stereocenters. The van der Waals surface area contributed by atoms with Crippen molar-refractivity contribution in [1.82, 2.24) is 19.2 Å². The second kappa shape index (κ2) is 6.16. The third-order valence-corrected chi connectivity index (χ3v) is 6.26. The van der Waals surface area contributed by atoms with E-state index >= 15 is 0 Å². The molecule has 0 aliphatic rings. The van der Waals surface area contributed by atoms with Gasteiger partial charge in [-0.05, 0) is 31.5 Å². The van der Waals surface area contributed by atoms with Crippen LogP contribution in [-0.2, 0) is 0 Å². The minimum Gasteiger partial charge on any atom is -0.268 e. The lowest BCUT2D eigenvalue weighted by Crippen LogP contribution is -2.21. The number of hydrogen-bond donors (Lipinski definition) is 0. The van der Waals surface area contributed by atoms with Crippen LogP contribution in [0.25, 0.3) is 21.7 Å². The van der Waals surface area contributed by atoms with Crippen LogP contribution in [0.2, 0.25) is 0 Å². The third kappa shape index (κ3) is 2.42. The predicted octanol–water partition coefficient (Wildman–Crippen LogP) is 3.99. The van der Waals surface area contributed by atoms with Gasteiger partial charge in [-0.3, -0.25) is 4.79 Å². The van der Waals surface area contributed by atoms with E-state index < -0.39 is 0 Å². The van der Waals surface area contributed by atoms with Crippen LogP contribution in [0.4, 0.5) is 0 Å². The van der Waals surface area contributed by atoms with E-state index in [1.807, 2.05) is 54.7 Å². The summed E-state index contributed by atoms with van der Waals surface area (Å²) in [6, 6.07) is 9.58. The minimum absolute atomic E-state index is 0.0526. The highest BCUT2D eigenvalue weighted by molar-refractivity contribution is 7.99. The van der Waals surface area contributed by atoms with Crippen molar-refractivity contribution in [2.75, 3.05) is 5.75 Å². The number of hydrogen-bond acceptors (Lipinski definition) is 5. The number of para-hydroxylation sites is 1. The molecule has 0 aliphatic heterocycles. The van der Waals surface area contributed by atoms with Gasteiger partial charge in [0.1, 0.15) is 4.83 Å². The molecule has 0 fully saturated rings. The average molecular weight is 368 g/mol. The number of thioether (sulfide) groups is 1. The molecule has 126 valence electrons. The monoisotopic (exact) mass is 368 g/mol. The fourth-order valence-electron chi connectivity index (χ4n) is 2.84. The number of aryl methyl sites for hydroxylation is 2. The van der Waals surface area contributed by atoms with E-state index in [2.05, 4.69) is 16.8 Å². The van der Waals surface area contributed by atoms with Crippen molar-refractivity contribution in [2.45, 2.75) is 19.0 Å². The molecule has 7 heteroatoms. The Morgan fingerprint density at radius 2 is 2.00 bits per heavy atom. The Kier molecular flexibility index (Phi) is 3.97.